The van der Waals surface area contributed by atoms with Crippen molar-refractivity contribution in [2.45, 2.75) is 18.6 Å². The van der Waals surface area contributed by atoms with Crippen LogP contribution < -0.4 is 10.1 Å². The molecule has 3 aromatic rings. The predicted octanol–water partition coefficient (Wildman–Crippen LogP) is 3.49. The van der Waals surface area contributed by atoms with E-state index in [0.717, 1.165) is 17.1 Å². The first-order valence-corrected chi connectivity index (χ1v) is 10.2. The summed E-state index contributed by atoms with van der Waals surface area (Å²) in [6, 6.07) is 14.3. The highest BCUT2D eigenvalue weighted by molar-refractivity contribution is 7.99. The summed E-state index contributed by atoms with van der Waals surface area (Å²) in [6.07, 6.45) is 0. The number of anilines is 1. The molecule has 3 rings (SSSR count). The van der Waals surface area contributed by atoms with E-state index in [0.29, 0.717) is 23.0 Å². The number of benzene rings is 2. The predicted molar refractivity (Wildman–Crippen MR) is 115 cm³/mol. The number of aromatic nitrogens is 3. The summed E-state index contributed by atoms with van der Waals surface area (Å²) in [5.41, 5.74) is 1.62. The first-order chi connectivity index (χ1) is 14.6. The van der Waals surface area contributed by atoms with Crippen molar-refractivity contribution in [1.82, 2.24) is 14.8 Å². The van der Waals surface area contributed by atoms with Gasteiger partial charge in [-0.1, -0.05) is 23.9 Å². The molecule has 0 aliphatic rings. The lowest BCUT2D eigenvalue weighted by Gasteiger charge is -2.10. The Balaban J connectivity index is 1.70. The number of rotatable bonds is 8. The fraction of sp³-hybridized carbons (Fsp3) is 0.238. The highest BCUT2D eigenvalue weighted by Gasteiger charge is 2.17. The molecule has 0 aliphatic heterocycles. The maximum absolute atomic E-state index is 12.4. The molecule has 0 aliphatic carbocycles. The van der Waals surface area contributed by atoms with E-state index in [-0.39, 0.29) is 11.7 Å². The van der Waals surface area contributed by atoms with Crippen LogP contribution in [0.15, 0.2) is 53.7 Å². The minimum absolute atomic E-state index is 0.121. The summed E-state index contributed by atoms with van der Waals surface area (Å²) >= 11 is 1.28. The number of esters is 1. The van der Waals surface area contributed by atoms with Crippen LogP contribution in [-0.4, -0.2) is 46.6 Å². The summed E-state index contributed by atoms with van der Waals surface area (Å²) in [5.74, 6) is 0.844. The summed E-state index contributed by atoms with van der Waals surface area (Å²) in [6.45, 7) is 2.65. The van der Waals surface area contributed by atoms with Gasteiger partial charge < -0.3 is 19.4 Å². The number of nitrogens with zero attached hydrogens (tertiary/aromatic N) is 3. The zero-order valence-electron chi connectivity index (χ0n) is 16.9. The molecule has 0 fully saturated rings. The van der Waals surface area contributed by atoms with E-state index < -0.39 is 5.97 Å². The molecule has 0 radical (unpaired) electrons. The number of hydrogen-bond donors (Lipinski definition) is 1. The molecule has 1 aromatic heterocycles. The van der Waals surface area contributed by atoms with Crippen molar-refractivity contribution in [1.29, 1.82) is 0 Å². The van der Waals surface area contributed by atoms with Crippen molar-refractivity contribution in [3.8, 4) is 17.1 Å². The molecule has 9 heteroatoms. The Labute approximate surface area is 178 Å². The number of para-hydroxylation sites is 1. The second kappa shape index (κ2) is 9.93. The van der Waals surface area contributed by atoms with Gasteiger partial charge in [0.25, 0.3) is 0 Å². The number of carbonyl (C=O) groups excluding carboxylic acids is 2. The third-order valence-corrected chi connectivity index (χ3v) is 5.29. The molecule has 8 nitrogen and oxygen atoms in total. The average molecular weight is 426 g/mol. The molecule has 0 unspecified atom stereocenters. The summed E-state index contributed by atoms with van der Waals surface area (Å²) in [7, 11) is 2.92. The molecule has 0 saturated heterocycles. The Morgan fingerprint density at radius 2 is 1.80 bits per heavy atom. The maximum Gasteiger partial charge on any atom is 0.339 e. The van der Waals surface area contributed by atoms with Crippen LogP contribution in [0.4, 0.5) is 5.69 Å². The molecular weight excluding hydrogens is 404 g/mol. The molecule has 30 heavy (non-hydrogen) atoms. The normalized spacial score (nSPS) is 10.5. The van der Waals surface area contributed by atoms with Gasteiger partial charge in [-0.15, -0.1) is 10.2 Å². The number of carbonyl (C=O) groups is 2. The number of methoxy groups -OCH3 is 2. The van der Waals surface area contributed by atoms with E-state index in [4.69, 9.17) is 9.47 Å². The first kappa shape index (κ1) is 21.4. The van der Waals surface area contributed by atoms with Crippen molar-refractivity contribution in [3.63, 3.8) is 0 Å². The van der Waals surface area contributed by atoms with E-state index in [1.165, 1.54) is 18.9 Å². The summed E-state index contributed by atoms with van der Waals surface area (Å²) in [5, 5.41) is 11.9. The van der Waals surface area contributed by atoms with Crippen LogP contribution >= 0.6 is 11.8 Å². The van der Waals surface area contributed by atoms with Crippen molar-refractivity contribution >= 4 is 29.3 Å². The number of hydrogen-bond acceptors (Lipinski definition) is 7. The van der Waals surface area contributed by atoms with Gasteiger partial charge in [-0.25, -0.2) is 4.79 Å². The maximum atomic E-state index is 12.4. The van der Waals surface area contributed by atoms with E-state index in [2.05, 4.69) is 15.5 Å². The van der Waals surface area contributed by atoms with Crippen LogP contribution in [-0.2, 0) is 16.1 Å². The SMILES string of the molecule is CCn1c(SCC(=O)Nc2ccccc2C(=O)OC)nnc1-c1ccc(OC)cc1. The first-order valence-electron chi connectivity index (χ1n) is 9.25. The van der Waals surface area contributed by atoms with Gasteiger partial charge in [0.1, 0.15) is 5.75 Å². The van der Waals surface area contributed by atoms with E-state index >= 15 is 0 Å². The van der Waals surface area contributed by atoms with Gasteiger partial charge >= 0.3 is 5.97 Å². The largest absolute Gasteiger partial charge is 0.497 e. The Morgan fingerprint density at radius 3 is 2.47 bits per heavy atom. The monoisotopic (exact) mass is 426 g/mol. The number of amides is 1. The van der Waals surface area contributed by atoms with Gasteiger partial charge in [0.2, 0.25) is 5.91 Å². The second-order valence-corrected chi connectivity index (χ2v) is 7.10. The lowest BCUT2D eigenvalue weighted by Crippen LogP contribution is -2.17. The van der Waals surface area contributed by atoms with Crippen molar-refractivity contribution in [3.05, 3.63) is 54.1 Å². The summed E-state index contributed by atoms with van der Waals surface area (Å²) in [4.78, 5) is 24.3. The van der Waals surface area contributed by atoms with Crippen molar-refractivity contribution in [2.75, 3.05) is 25.3 Å². The molecule has 0 bridgehead atoms. The second-order valence-electron chi connectivity index (χ2n) is 6.15. The lowest BCUT2D eigenvalue weighted by atomic mass is 10.2. The Bertz CT molecular complexity index is 1030. The van der Waals surface area contributed by atoms with Gasteiger partial charge in [-0.3, -0.25) is 4.79 Å². The van der Waals surface area contributed by atoms with Crippen LogP contribution in [0.2, 0.25) is 0 Å². The molecular formula is C21H22N4O4S. The third-order valence-electron chi connectivity index (χ3n) is 4.32. The van der Waals surface area contributed by atoms with Crippen LogP contribution in [0.5, 0.6) is 5.75 Å². The quantitative estimate of drug-likeness (QED) is 0.435. The van der Waals surface area contributed by atoms with Crippen LogP contribution in [0.3, 0.4) is 0 Å². The molecule has 1 amide bonds. The topological polar surface area (TPSA) is 95.3 Å². The fourth-order valence-corrected chi connectivity index (χ4v) is 3.63. The highest BCUT2D eigenvalue weighted by atomic mass is 32.2. The smallest absolute Gasteiger partial charge is 0.339 e. The van der Waals surface area contributed by atoms with Gasteiger partial charge in [-0.2, -0.15) is 0 Å². The Kier molecular flexibility index (Phi) is 7.08. The van der Waals surface area contributed by atoms with Crippen molar-refractivity contribution in [2.24, 2.45) is 0 Å². The van der Waals surface area contributed by atoms with Gasteiger partial charge in [0, 0.05) is 12.1 Å². The van der Waals surface area contributed by atoms with Crippen molar-refractivity contribution < 1.29 is 19.1 Å². The lowest BCUT2D eigenvalue weighted by molar-refractivity contribution is -0.113. The van der Waals surface area contributed by atoms with Gasteiger partial charge in [-0.05, 0) is 43.3 Å². The highest BCUT2D eigenvalue weighted by Crippen LogP contribution is 2.26. The van der Waals surface area contributed by atoms with E-state index in [1.807, 2.05) is 35.8 Å². The van der Waals surface area contributed by atoms with Crippen LogP contribution in [0.1, 0.15) is 17.3 Å². The number of nitrogens with one attached hydrogen (secondary N) is 1. The Morgan fingerprint density at radius 1 is 1.07 bits per heavy atom. The van der Waals surface area contributed by atoms with Gasteiger partial charge in [0.15, 0.2) is 11.0 Å². The third kappa shape index (κ3) is 4.80. The fourth-order valence-electron chi connectivity index (χ4n) is 2.83. The van der Waals surface area contributed by atoms with E-state index in [9.17, 15) is 9.59 Å². The molecule has 1 N–H and O–H groups in total. The minimum atomic E-state index is -0.506. The molecule has 1 heterocycles. The standard InChI is InChI=1S/C21H22N4O4S/c1-4-25-19(14-9-11-15(28-2)12-10-14)23-24-21(25)30-13-18(26)22-17-8-6-5-7-16(17)20(27)29-3/h5-12H,4,13H2,1-3H3,(H,22,26). The molecule has 2 aromatic carbocycles. The zero-order valence-corrected chi connectivity index (χ0v) is 17.7. The van der Waals surface area contributed by atoms with Crippen LogP contribution in [0, 0.1) is 0 Å². The average Bonchev–Trinajstić information content (AvgIpc) is 3.20. The molecule has 156 valence electrons. The molecule has 0 saturated carbocycles. The summed E-state index contributed by atoms with van der Waals surface area (Å²) < 4.78 is 11.9. The minimum Gasteiger partial charge on any atom is -0.497 e. The van der Waals surface area contributed by atoms with Gasteiger partial charge in [0.05, 0.1) is 31.2 Å². The number of ether oxygens (including phenoxy) is 2. The van der Waals surface area contributed by atoms with E-state index in [1.54, 1.807) is 31.4 Å². The molecule has 0 spiro atoms. The molecule has 0 atom stereocenters. The zero-order chi connectivity index (χ0) is 21.5. The number of thioether (sulfide) groups is 1. The Hall–Kier alpha value is -3.33. The van der Waals surface area contributed by atoms with Crippen LogP contribution in [0.25, 0.3) is 11.4 Å².